The number of carbonyl (C=O) groups is 1. The summed E-state index contributed by atoms with van der Waals surface area (Å²) in [5, 5.41) is 0.777. The van der Waals surface area contributed by atoms with E-state index in [1.165, 1.54) is 23.4 Å². The van der Waals surface area contributed by atoms with Gasteiger partial charge in [-0.3, -0.25) is 18.7 Å². The predicted octanol–water partition coefficient (Wildman–Crippen LogP) is 1.41. The van der Waals surface area contributed by atoms with Crippen molar-refractivity contribution in [1.82, 2.24) is 24.0 Å². The van der Waals surface area contributed by atoms with Gasteiger partial charge in [0.15, 0.2) is 5.65 Å². The fraction of sp³-hybridized carbons (Fsp3) is 0.667. The minimum Gasteiger partial charge on any atom is -0.372 e. The molecule has 0 unspecified atom stereocenters. The number of nitrogens with zero attached hydrogens (tertiary/aromatic N) is 5. The molecule has 1 aliphatic heterocycles. The zero-order valence-electron chi connectivity index (χ0n) is 18.5. The maximum Gasteiger partial charge on any atom is 0.332 e. The molecular formula is C21H29N5O4S. The van der Waals surface area contributed by atoms with Gasteiger partial charge in [0.05, 0.1) is 18.0 Å². The normalized spacial score (nSPS) is 22.4. The number of aryl methyl sites for hydroxylation is 1. The zero-order valence-corrected chi connectivity index (χ0v) is 19.3. The summed E-state index contributed by atoms with van der Waals surface area (Å²) in [7, 11) is 3.07. The van der Waals surface area contributed by atoms with Crippen LogP contribution in [0.2, 0.25) is 0 Å². The van der Waals surface area contributed by atoms with E-state index >= 15 is 0 Å². The Labute approximate surface area is 184 Å². The molecule has 0 bridgehead atoms. The minimum absolute atomic E-state index is 0.00614. The molecule has 3 heterocycles. The lowest BCUT2D eigenvalue weighted by Crippen LogP contribution is -2.48. The number of aromatic nitrogens is 4. The summed E-state index contributed by atoms with van der Waals surface area (Å²) in [4.78, 5) is 49.4. The third kappa shape index (κ3) is 4.27. The van der Waals surface area contributed by atoms with E-state index in [1.807, 2.05) is 13.8 Å². The van der Waals surface area contributed by atoms with Crippen LogP contribution in [0.3, 0.4) is 0 Å². The molecule has 2 fully saturated rings. The van der Waals surface area contributed by atoms with E-state index in [9.17, 15) is 14.4 Å². The molecule has 0 N–H and O–H groups in total. The van der Waals surface area contributed by atoms with Crippen LogP contribution in [-0.4, -0.2) is 61.0 Å². The highest BCUT2D eigenvalue weighted by Gasteiger charge is 2.28. The Morgan fingerprint density at radius 1 is 1.06 bits per heavy atom. The van der Waals surface area contributed by atoms with Crippen LogP contribution in [-0.2, 0) is 23.6 Å². The number of hydrogen-bond donors (Lipinski definition) is 0. The molecule has 168 valence electrons. The van der Waals surface area contributed by atoms with E-state index in [0.717, 1.165) is 30.3 Å². The SMILES string of the molecule is C[C@@H]1CN(C(=O)CSc2nc(C3CCCC3)nc3c2c(=O)n(C)c(=O)n3C)C[C@H](C)O1. The fourth-order valence-electron chi connectivity index (χ4n) is 4.52. The van der Waals surface area contributed by atoms with Gasteiger partial charge >= 0.3 is 5.69 Å². The molecule has 2 aliphatic rings. The maximum absolute atomic E-state index is 12.9. The number of amides is 1. The van der Waals surface area contributed by atoms with Crippen LogP contribution >= 0.6 is 11.8 Å². The first-order valence-corrected chi connectivity index (χ1v) is 11.8. The summed E-state index contributed by atoms with van der Waals surface area (Å²) in [6.07, 6.45) is 4.22. The van der Waals surface area contributed by atoms with Gasteiger partial charge in [-0.2, -0.15) is 0 Å². The van der Waals surface area contributed by atoms with E-state index in [0.29, 0.717) is 35.0 Å². The summed E-state index contributed by atoms with van der Waals surface area (Å²) in [5.74, 6) is 1.04. The fourth-order valence-corrected chi connectivity index (χ4v) is 5.44. The van der Waals surface area contributed by atoms with Crippen LogP contribution < -0.4 is 11.2 Å². The van der Waals surface area contributed by atoms with Crippen molar-refractivity contribution in [3.8, 4) is 0 Å². The molecule has 1 amide bonds. The molecule has 10 heteroatoms. The van der Waals surface area contributed by atoms with Crippen LogP contribution in [0, 0.1) is 0 Å². The van der Waals surface area contributed by atoms with Crippen LogP contribution in [0.25, 0.3) is 11.0 Å². The first kappa shape index (κ1) is 22.0. The lowest BCUT2D eigenvalue weighted by Gasteiger charge is -2.35. The molecule has 9 nitrogen and oxygen atoms in total. The summed E-state index contributed by atoms with van der Waals surface area (Å²) in [6, 6.07) is 0. The molecule has 0 aromatic carbocycles. The molecule has 2 atom stereocenters. The monoisotopic (exact) mass is 447 g/mol. The Hall–Kier alpha value is -2.20. The summed E-state index contributed by atoms with van der Waals surface area (Å²) in [6.45, 7) is 5.02. The Bertz CT molecular complexity index is 1110. The number of hydrogen-bond acceptors (Lipinski definition) is 7. The predicted molar refractivity (Wildman–Crippen MR) is 119 cm³/mol. The average Bonchev–Trinajstić information content (AvgIpc) is 3.28. The summed E-state index contributed by atoms with van der Waals surface area (Å²) >= 11 is 1.25. The molecular weight excluding hydrogens is 418 g/mol. The van der Waals surface area contributed by atoms with Crippen molar-refractivity contribution in [3.05, 3.63) is 26.7 Å². The van der Waals surface area contributed by atoms with E-state index in [4.69, 9.17) is 9.72 Å². The second-order valence-electron chi connectivity index (χ2n) is 8.62. The largest absolute Gasteiger partial charge is 0.372 e. The van der Waals surface area contributed by atoms with Gasteiger partial charge in [-0.1, -0.05) is 24.6 Å². The van der Waals surface area contributed by atoms with Gasteiger partial charge in [0.25, 0.3) is 5.56 Å². The van der Waals surface area contributed by atoms with Crippen molar-refractivity contribution in [2.75, 3.05) is 18.8 Å². The number of fused-ring (bicyclic) bond motifs is 1. The third-order valence-electron chi connectivity index (χ3n) is 6.11. The molecule has 31 heavy (non-hydrogen) atoms. The van der Waals surface area contributed by atoms with Gasteiger partial charge in [0, 0.05) is 33.1 Å². The molecule has 4 rings (SSSR count). The van der Waals surface area contributed by atoms with Crippen molar-refractivity contribution < 1.29 is 9.53 Å². The summed E-state index contributed by atoms with van der Waals surface area (Å²) in [5.41, 5.74) is -0.509. The van der Waals surface area contributed by atoms with Crippen LogP contribution in [0.15, 0.2) is 14.6 Å². The molecule has 0 radical (unpaired) electrons. The topological polar surface area (TPSA) is 99.3 Å². The van der Waals surface area contributed by atoms with Crippen molar-refractivity contribution >= 4 is 28.7 Å². The van der Waals surface area contributed by atoms with E-state index in [2.05, 4.69) is 4.98 Å². The number of thioether (sulfide) groups is 1. The quantitative estimate of drug-likeness (QED) is 0.516. The number of morpholine rings is 1. The van der Waals surface area contributed by atoms with Gasteiger partial charge in [0.1, 0.15) is 16.2 Å². The number of carbonyl (C=O) groups excluding carboxylic acids is 1. The molecule has 1 saturated carbocycles. The maximum atomic E-state index is 12.9. The van der Waals surface area contributed by atoms with Crippen LogP contribution in [0.1, 0.15) is 51.3 Å². The minimum atomic E-state index is -0.431. The Morgan fingerprint density at radius 2 is 1.71 bits per heavy atom. The van der Waals surface area contributed by atoms with Crippen LogP contribution in [0.5, 0.6) is 0 Å². The Balaban J connectivity index is 1.70. The van der Waals surface area contributed by atoms with E-state index in [-0.39, 0.29) is 29.8 Å². The Kier molecular flexibility index (Phi) is 6.20. The van der Waals surface area contributed by atoms with Gasteiger partial charge in [-0.15, -0.1) is 0 Å². The second kappa shape index (κ2) is 8.74. The number of rotatable bonds is 4. The first-order valence-electron chi connectivity index (χ1n) is 10.8. The van der Waals surface area contributed by atoms with Gasteiger partial charge in [-0.25, -0.2) is 14.8 Å². The van der Waals surface area contributed by atoms with Gasteiger partial charge in [-0.05, 0) is 26.7 Å². The molecule has 2 aromatic rings. The zero-order chi connectivity index (χ0) is 22.3. The average molecular weight is 448 g/mol. The Morgan fingerprint density at radius 3 is 2.35 bits per heavy atom. The number of ether oxygens (including phenoxy) is 1. The van der Waals surface area contributed by atoms with E-state index in [1.54, 1.807) is 11.9 Å². The smallest absolute Gasteiger partial charge is 0.332 e. The standard InChI is InChI=1S/C21H29N5O4S/c1-12-9-26(10-13(2)30-12)15(27)11-31-19-16-18(24(3)21(29)25(4)20(16)28)22-17(23-19)14-7-5-6-8-14/h12-14H,5-11H2,1-4H3/t12-,13+. The molecule has 1 aliphatic carbocycles. The third-order valence-corrected chi connectivity index (χ3v) is 7.07. The lowest BCUT2D eigenvalue weighted by atomic mass is 10.1. The highest BCUT2D eigenvalue weighted by molar-refractivity contribution is 8.00. The van der Waals surface area contributed by atoms with Crippen LogP contribution in [0.4, 0.5) is 0 Å². The highest BCUT2D eigenvalue weighted by atomic mass is 32.2. The van der Waals surface area contributed by atoms with Gasteiger partial charge in [0.2, 0.25) is 5.91 Å². The molecule has 1 saturated heterocycles. The highest BCUT2D eigenvalue weighted by Crippen LogP contribution is 2.34. The van der Waals surface area contributed by atoms with Crippen molar-refractivity contribution in [2.45, 2.75) is 62.7 Å². The first-order chi connectivity index (χ1) is 14.8. The van der Waals surface area contributed by atoms with E-state index < -0.39 is 11.2 Å². The summed E-state index contributed by atoms with van der Waals surface area (Å²) < 4.78 is 8.18. The van der Waals surface area contributed by atoms with Crippen molar-refractivity contribution in [2.24, 2.45) is 14.1 Å². The van der Waals surface area contributed by atoms with Crippen molar-refractivity contribution in [3.63, 3.8) is 0 Å². The second-order valence-corrected chi connectivity index (χ2v) is 9.58. The molecule has 2 aromatic heterocycles. The molecule has 0 spiro atoms. The lowest BCUT2D eigenvalue weighted by molar-refractivity contribution is -0.140. The van der Waals surface area contributed by atoms with Gasteiger partial charge < -0.3 is 9.64 Å². The van der Waals surface area contributed by atoms with Crippen molar-refractivity contribution in [1.29, 1.82) is 0 Å².